The summed E-state index contributed by atoms with van der Waals surface area (Å²) in [6, 6.07) is 5.87. The highest BCUT2D eigenvalue weighted by Crippen LogP contribution is 2.31. The lowest BCUT2D eigenvalue weighted by Gasteiger charge is -2.14. The third-order valence-electron chi connectivity index (χ3n) is 2.86. The molecule has 1 aromatic carbocycles. The molecule has 1 N–H and O–H groups in total. The van der Waals surface area contributed by atoms with E-state index in [0.29, 0.717) is 6.61 Å². The molecule has 20 heavy (non-hydrogen) atoms. The zero-order valence-corrected chi connectivity index (χ0v) is 12.1. The number of nitrogens with one attached hydrogen (secondary N) is 1. The first-order chi connectivity index (χ1) is 9.74. The smallest absolute Gasteiger partial charge is 0.166 e. The molecule has 0 spiro atoms. The molecule has 6 heteroatoms. The lowest BCUT2D eigenvalue weighted by atomic mass is 10.2. The van der Waals surface area contributed by atoms with Crippen LogP contribution >= 0.6 is 0 Å². The number of para-hydroxylation sites is 1. The molecule has 2 aromatic rings. The molecular weight excluding hydrogens is 256 g/mol. The van der Waals surface area contributed by atoms with Crippen molar-refractivity contribution in [1.29, 1.82) is 0 Å². The third kappa shape index (κ3) is 3.48. The fraction of sp³-hybridized carbons (Fsp3) is 0.429. The Kier molecular flexibility index (Phi) is 4.95. The van der Waals surface area contributed by atoms with Crippen LogP contribution in [-0.4, -0.2) is 28.6 Å². The number of aryl methyl sites for hydroxylation is 1. The Balaban J connectivity index is 2.14. The summed E-state index contributed by atoms with van der Waals surface area (Å²) in [6.45, 7) is 4.08. The lowest BCUT2D eigenvalue weighted by Crippen LogP contribution is -2.13. The Morgan fingerprint density at radius 3 is 2.85 bits per heavy atom. The maximum absolute atomic E-state index is 5.87. The summed E-state index contributed by atoms with van der Waals surface area (Å²) in [5.41, 5.74) is 1.85. The number of rotatable bonds is 7. The quantitative estimate of drug-likeness (QED) is 0.830. The first-order valence-electron chi connectivity index (χ1n) is 6.59. The van der Waals surface area contributed by atoms with Crippen LogP contribution in [0, 0.1) is 0 Å². The van der Waals surface area contributed by atoms with Crippen molar-refractivity contribution in [3.05, 3.63) is 35.7 Å². The second kappa shape index (κ2) is 6.91. The molecule has 108 valence electrons. The normalized spacial score (nSPS) is 10.6. The first kappa shape index (κ1) is 14.3. The summed E-state index contributed by atoms with van der Waals surface area (Å²) in [5, 5.41) is 11.2. The maximum atomic E-state index is 5.87. The fourth-order valence-corrected chi connectivity index (χ4v) is 1.89. The van der Waals surface area contributed by atoms with Crippen LogP contribution in [0.1, 0.15) is 18.2 Å². The van der Waals surface area contributed by atoms with Gasteiger partial charge in [-0.2, -0.15) is 0 Å². The molecule has 0 saturated heterocycles. The Morgan fingerprint density at radius 2 is 2.20 bits per heavy atom. The average Bonchev–Trinajstić information content (AvgIpc) is 2.88. The molecule has 6 nitrogen and oxygen atoms in total. The molecule has 0 radical (unpaired) electrons. The fourth-order valence-electron chi connectivity index (χ4n) is 1.89. The van der Waals surface area contributed by atoms with E-state index < -0.39 is 0 Å². The molecule has 0 aliphatic carbocycles. The van der Waals surface area contributed by atoms with Crippen LogP contribution in [0.2, 0.25) is 0 Å². The minimum atomic E-state index is 0.368. The van der Waals surface area contributed by atoms with Crippen molar-refractivity contribution in [1.82, 2.24) is 20.3 Å². The van der Waals surface area contributed by atoms with E-state index in [4.69, 9.17) is 9.47 Å². The van der Waals surface area contributed by atoms with E-state index >= 15 is 0 Å². The van der Waals surface area contributed by atoms with E-state index in [1.54, 1.807) is 11.8 Å². The highest BCUT2D eigenvalue weighted by Gasteiger charge is 2.11. The molecule has 1 heterocycles. The number of ether oxygens (including phenoxy) is 2. The van der Waals surface area contributed by atoms with Crippen molar-refractivity contribution in [3.63, 3.8) is 0 Å². The van der Waals surface area contributed by atoms with Gasteiger partial charge in [-0.25, -0.2) is 0 Å². The summed E-state index contributed by atoms with van der Waals surface area (Å²) in [4.78, 5) is 0. The van der Waals surface area contributed by atoms with Gasteiger partial charge in [-0.3, -0.25) is 4.68 Å². The molecule has 1 aromatic heterocycles. The van der Waals surface area contributed by atoms with Gasteiger partial charge in [-0.05, 0) is 12.6 Å². The Hall–Kier alpha value is -2.08. The zero-order valence-electron chi connectivity index (χ0n) is 12.1. The van der Waals surface area contributed by atoms with Crippen molar-refractivity contribution in [2.24, 2.45) is 7.05 Å². The molecule has 0 fully saturated rings. The van der Waals surface area contributed by atoms with Crippen LogP contribution in [0.5, 0.6) is 11.5 Å². The number of hydrogen-bond donors (Lipinski definition) is 1. The number of methoxy groups -OCH3 is 1. The van der Waals surface area contributed by atoms with E-state index in [2.05, 4.69) is 22.6 Å². The van der Waals surface area contributed by atoms with E-state index in [0.717, 1.165) is 35.8 Å². The van der Waals surface area contributed by atoms with Crippen molar-refractivity contribution in [3.8, 4) is 11.5 Å². The molecule has 0 amide bonds. The Morgan fingerprint density at radius 1 is 1.35 bits per heavy atom. The van der Waals surface area contributed by atoms with Gasteiger partial charge < -0.3 is 14.8 Å². The van der Waals surface area contributed by atoms with Crippen molar-refractivity contribution >= 4 is 0 Å². The topological polar surface area (TPSA) is 61.2 Å². The van der Waals surface area contributed by atoms with Gasteiger partial charge in [0.25, 0.3) is 0 Å². The van der Waals surface area contributed by atoms with Gasteiger partial charge >= 0.3 is 0 Å². The minimum absolute atomic E-state index is 0.368. The van der Waals surface area contributed by atoms with Crippen LogP contribution in [0.3, 0.4) is 0 Å². The molecular formula is C14H20N4O2. The van der Waals surface area contributed by atoms with E-state index in [1.807, 2.05) is 31.4 Å². The van der Waals surface area contributed by atoms with Gasteiger partial charge in [0.2, 0.25) is 0 Å². The summed E-state index contributed by atoms with van der Waals surface area (Å²) < 4.78 is 12.9. The first-order valence-corrected chi connectivity index (χ1v) is 6.59. The van der Waals surface area contributed by atoms with Gasteiger partial charge in [0.15, 0.2) is 11.5 Å². The van der Waals surface area contributed by atoms with Crippen molar-refractivity contribution in [2.75, 3.05) is 13.7 Å². The molecule has 0 bridgehead atoms. The van der Waals surface area contributed by atoms with Gasteiger partial charge in [0.1, 0.15) is 12.3 Å². The monoisotopic (exact) mass is 276 g/mol. The van der Waals surface area contributed by atoms with Crippen LogP contribution in [-0.2, 0) is 20.2 Å². The summed E-state index contributed by atoms with van der Waals surface area (Å²) >= 11 is 0. The third-order valence-corrected chi connectivity index (χ3v) is 2.86. The largest absolute Gasteiger partial charge is 0.493 e. The van der Waals surface area contributed by atoms with Crippen LogP contribution < -0.4 is 14.8 Å². The lowest BCUT2D eigenvalue weighted by molar-refractivity contribution is 0.277. The van der Waals surface area contributed by atoms with Crippen molar-refractivity contribution < 1.29 is 9.47 Å². The molecule has 2 rings (SSSR count). The SMILES string of the molecule is CCNCc1cccc(OC)c1OCc1cn(C)nn1. The van der Waals surface area contributed by atoms with Crippen LogP contribution in [0.25, 0.3) is 0 Å². The van der Waals surface area contributed by atoms with Gasteiger partial charge in [0, 0.05) is 19.2 Å². The second-order valence-corrected chi connectivity index (χ2v) is 4.40. The number of aromatic nitrogens is 3. The maximum Gasteiger partial charge on any atom is 0.166 e. The standard InChI is InChI=1S/C14H20N4O2/c1-4-15-8-11-6-5-7-13(19-3)14(11)20-10-12-9-18(2)17-16-12/h5-7,9,15H,4,8,10H2,1-3H3. The molecule has 0 aliphatic heterocycles. The Bertz CT molecular complexity index is 554. The number of hydrogen-bond acceptors (Lipinski definition) is 5. The predicted octanol–water partition coefficient (Wildman–Crippen LogP) is 1.51. The molecule has 0 atom stereocenters. The average molecular weight is 276 g/mol. The summed E-state index contributed by atoms with van der Waals surface area (Å²) in [7, 11) is 3.47. The van der Waals surface area contributed by atoms with Gasteiger partial charge in [-0.15, -0.1) is 5.10 Å². The predicted molar refractivity (Wildman–Crippen MR) is 75.7 cm³/mol. The van der Waals surface area contributed by atoms with Crippen molar-refractivity contribution in [2.45, 2.75) is 20.1 Å². The molecule has 0 aliphatic rings. The highest BCUT2D eigenvalue weighted by molar-refractivity contribution is 5.46. The van der Waals surface area contributed by atoms with Gasteiger partial charge in [-0.1, -0.05) is 24.3 Å². The van der Waals surface area contributed by atoms with E-state index in [1.165, 1.54) is 0 Å². The van der Waals surface area contributed by atoms with Crippen LogP contribution in [0.4, 0.5) is 0 Å². The Labute approximate surface area is 118 Å². The molecule has 0 saturated carbocycles. The summed E-state index contributed by atoms with van der Waals surface area (Å²) in [5.74, 6) is 1.48. The number of benzene rings is 1. The van der Waals surface area contributed by atoms with Gasteiger partial charge in [0.05, 0.1) is 13.3 Å². The van der Waals surface area contributed by atoms with E-state index in [-0.39, 0.29) is 0 Å². The minimum Gasteiger partial charge on any atom is -0.493 e. The highest BCUT2D eigenvalue weighted by atomic mass is 16.5. The molecule has 0 unspecified atom stereocenters. The second-order valence-electron chi connectivity index (χ2n) is 4.40. The zero-order chi connectivity index (χ0) is 14.4. The number of nitrogens with zero attached hydrogens (tertiary/aromatic N) is 3. The summed E-state index contributed by atoms with van der Waals surface area (Å²) in [6.07, 6.45) is 1.83. The van der Waals surface area contributed by atoms with E-state index in [9.17, 15) is 0 Å². The van der Waals surface area contributed by atoms with Crippen LogP contribution in [0.15, 0.2) is 24.4 Å².